The fourth-order valence-corrected chi connectivity index (χ4v) is 3.38. The number of nitrogens with zero attached hydrogens (tertiary/aromatic N) is 3. The van der Waals surface area contributed by atoms with Gasteiger partial charge in [0.15, 0.2) is 0 Å². The van der Waals surface area contributed by atoms with Crippen LogP contribution in [0.15, 0.2) is 30.3 Å². The molecule has 5 heteroatoms. The predicted octanol–water partition coefficient (Wildman–Crippen LogP) is 3.62. The number of hydrogen-bond donors (Lipinski definition) is 0. The molecule has 1 heterocycles. The van der Waals surface area contributed by atoms with Crippen molar-refractivity contribution in [1.29, 1.82) is 0 Å². The van der Waals surface area contributed by atoms with E-state index in [1.165, 1.54) is 5.56 Å². The van der Waals surface area contributed by atoms with E-state index in [0.717, 1.165) is 45.8 Å². The van der Waals surface area contributed by atoms with Gasteiger partial charge >= 0.3 is 6.09 Å². The molecule has 0 N–H and O–H groups in total. The van der Waals surface area contributed by atoms with E-state index >= 15 is 0 Å². The van der Waals surface area contributed by atoms with Gasteiger partial charge in [-0.2, -0.15) is 0 Å². The first kappa shape index (κ1) is 20.7. The van der Waals surface area contributed by atoms with Crippen molar-refractivity contribution < 1.29 is 9.53 Å². The topological polar surface area (TPSA) is 36.0 Å². The van der Waals surface area contributed by atoms with E-state index in [1.54, 1.807) is 0 Å². The number of hydrogen-bond acceptors (Lipinski definition) is 4. The van der Waals surface area contributed by atoms with Crippen LogP contribution in [0.4, 0.5) is 4.79 Å². The predicted molar refractivity (Wildman–Crippen MR) is 106 cm³/mol. The Kier molecular flexibility index (Phi) is 7.47. The van der Waals surface area contributed by atoms with Crippen molar-refractivity contribution in [3.63, 3.8) is 0 Å². The molecule has 146 valence electrons. The lowest BCUT2D eigenvalue weighted by Gasteiger charge is -2.41. The van der Waals surface area contributed by atoms with Gasteiger partial charge in [0.1, 0.15) is 5.60 Å². The van der Waals surface area contributed by atoms with Gasteiger partial charge < -0.3 is 14.5 Å². The van der Waals surface area contributed by atoms with Crippen molar-refractivity contribution in [2.75, 3.05) is 45.8 Å². The van der Waals surface area contributed by atoms with E-state index in [-0.39, 0.29) is 6.09 Å². The van der Waals surface area contributed by atoms with Gasteiger partial charge in [0.2, 0.25) is 0 Å². The molecular formula is C21H35N3O2. The smallest absolute Gasteiger partial charge is 0.410 e. The highest BCUT2D eigenvalue weighted by atomic mass is 16.6. The van der Waals surface area contributed by atoms with Crippen LogP contribution in [0.25, 0.3) is 0 Å². The zero-order valence-electron chi connectivity index (χ0n) is 17.1. The normalized spacial score (nSPS) is 17.4. The lowest BCUT2D eigenvalue weighted by atomic mass is 10.0. The Labute approximate surface area is 158 Å². The summed E-state index contributed by atoms with van der Waals surface area (Å²) >= 11 is 0. The second kappa shape index (κ2) is 9.38. The fourth-order valence-electron chi connectivity index (χ4n) is 3.38. The molecule has 1 atom stereocenters. The first-order valence-corrected chi connectivity index (χ1v) is 9.83. The van der Waals surface area contributed by atoms with E-state index < -0.39 is 5.60 Å². The van der Waals surface area contributed by atoms with Crippen molar-refractivity contribution in [2.24, 2.45) is 0 Å². The largest absolute Gasteiger partial charge is 0.444 e. The molecule has 1 aromatic carbocycles. The molecule has 2 rings (SSSR count). The van der Waals surface area contributed by atoms with Gasteiger partial charge in [0.25, 0.3) is 0 Å². The van der Waals surface area contributed by atoms with E-state index in [4.69, 9.17) is 4.74 Å². The zero-order valence-corrected chi connectivity index (χ0v) is 17.1. The van der Waals surface area contributed by atoms with Crippen LogP contribution in [0.5, 0.6) is 0 Å². The lowest BCUT2D eigenvalue weighted by molar-refractivity contribution is 0.00819. The molecule has 0 aromatic heterocycles. The first-order chi connectivity index (χ1) is 12.3. The highest BCUT2D eigenvalue weighted by molar-refractivity contribution is 5.68. The highest BCUT2D eigenvalue weighted by Crippen LogP contribution is 2.24. The van der Waals surface area contributed by atoms with E-state index in [0.29, 0.717) is 6.04 Å². The Morgan fingerprint density at radius 3 is 2.15 bits per heavy atom. The zero-order chi connectivity index (χ0) is 19.2. The average molecular weight is 362 g/mol. The molecule has 1 unspecified atom stereocenters. The summed E-state index contributed by atoms with van der Waals surface area (Å²) in [6.45, 7) is 16.5. The molecular weight excluding hydrogens is 326 g/mol. The monoisotopic (exact) mass is 361 g/mol. The van der Waals surface area contributed by atoms with Gasteiger partial charge in [-0.1, -0.05) is 44.2 Å². The van der Waals surface area contributed by atoms with Gasteiger partial charge in [-0.25, -0.2) is 4.79 Å². The maximum atomic E-state index is 12.3. The second-order valence-corrected chi connectivity index (χ2v) is 7.92. The molecule has 1 amide bonds. The number of amides is 1. The van der Waals surface area contributed by atoms with Gasteiger partial charge in [0, 0.05) is 38.8 Å². The molecule has 0 saturated carbocycles. The third-order valence-electron chi connectivity index (χ3n) is 4.92. The molecule has 1 saturated heterocycles. The van der Waals surface area contributed by atoms with E-state index in [1.807, 2.05) is 25.7 Å². The minimum Gasteiger partial charge on any atom is -0.444 e. The van der Waals surface area contributed by atoms with Crippen LogP contribution in [-0.4, -0.2) is 72.2 Å². The maximum Gasteiger partial charge on any atom is 0.410 e. The van der Waals surface area contributed by atoms with Crippen molar-refractivity contribution in [2.45, 2.75) is 46.3 Å². The number of ether oxygens (including phenoxy) is 1. The first-order valence-electron chi connectivity index (χ1n) is 9.83. The fraction of sp³-hybridized carbons (Fsp3) is 0.667. The summed E-state index contributed by atoms with van der Waals surface area (Å²) in [5, 5.41) is 0. The Bertz CT molecular complexity index is 544. The van der Waals surface area contributed by atoms with Crippen LogP contribution in [0.3, 0.4) is 0 Å². The number of carbonyl (C=O) groups is 1. The lowest BCUT2D eigenvalue weighted by Crippen LogP contribution is -2.52. The van der Waals surface area contributed by atoms with Crippen LogP contribution in [0.1, 0.15) is 46.2 Å². The van der Waals surface area contributed by atoms with Gasteiger partial charge in [-0.05, 0) is 39.4 Å². The molecule has 1 fully saturated rings. The SMILES string of the molecule is CCN(CC)CC(c1ccccc1)N1CCN(C(=O)OC(C)(C)C)CC1. The highest BCUT2D eigenvalue weighted by Gasteiger charge is 2.30. The summed E-state index contributed by atoms with van der Waals surface area (Å²) in [6, 6.07) is 11.1. The number of piperazine rings is 1. The molecule has 1 aliphatic heterocycles. The summed E-state index contributed by atoms with van der Waals surface area (Å²) in [4.78, 5) is 19.1. The molecule has 26 heavy (non-hydrogen) atoms. The molecule has 1 aromatic rings. The average Bonchev–Trinajstić information content (AvgIpc) is 2.62. The third kappa shape index (κ3) is 5.99. The quantitative estimate of drug-likeness (QED) is 0.775. The number of likely N-dealkylation sites (N-methyl/N-ethyl adjacent to an activating group) is 1. The van der Waals surface area contributed by atoms with Gasteiger partial charge in [-0.3, -0.25) is 4.90 Å². The Morgan fingerprint density at radius 1 is 1.08 bits per heavy atom. The molecule has 0 aliphatic carbocycles. The summed E-state index contributed by atoms with van der Waals surface area (Å²) in [5.74, 6) is 0. The van der Waals surface area contributed by atoms with Crippen LogP contribution in [0, 0.1) is 0 Å². The van der Waals surface area contributed by atoms with Crippen LogP contribution >= 0.6 is 0 Å². The van der Waals surface area contributed by atoms with E-state index in [2.05, 4.69) is 54.0 Å². The minimum absolute atomic E-state index is 0.197. The number of rotatable bonds is 6. The molecule has 0 spiro atoms. The van der Waals surface area contributed by atoms with Crippen LogP contribution < -0.4 is 0 Å². The standard InChI is InChI=1S/C21H35N3O2/c1-6-22(7-2)17-19(18-11-9-8-10-12-18)23-13-15-24(16-14-23)20(25)26-21(3,4)5/h8-12,19H,6-7,13-17H2,1-5H3. The Morgan fingerprint density at radius 2 is 1.65 bits per heavy atom. The van der Waals surface area contributed by atoms with Gasteiger partial charge in [0.05, 0.1) is 0 Å². The maximum absolute atomic E-state index is 12.3. The van der Waals surface area contributed by atoms with E-state index in [9.17, 15) is 4.79 Å². The van der Waals surface area contributed by atoms with Crippen LogP contribution in [-0.2, 0) is 4.74 Å². The van der Waals surface area contributed by atoms with Crippen LogP contribution in [0.2, 0.25) is 0 Å². The Balaban J connectivity index is 2.03. The third-order valence-corrected chi connectivity index (χ3v) is 4.92. The summed E-state index contributed by atoms with van der Waals surface area (Å²) in [5.41, 5.74) is 0.911. The molecule has 1 aliphatic rings. The van der Waals surface area contributed by atoms with Gasteiger partial charge in [-0.15, -0.1) is 0 Å². The number of carbonyl (C=O) groups excluding carboxylic acids is 1. The number of benzene rings is 1. The van der Waals surface area contributed by atoms with Crippen molar-refractivity contribution in [1.82, 2.24) is 14.7 Å². The Hall–Kier alpha value is -1.59. The van der Waals surface area contributed by atoms with Crippen molar-refractivity contribution >= 4 is 6.09 Å². The summed E-state index contributed by atoms with van der Waals surface area (Å²) < 4.78 is 5.52. The molecule has 0 bridgehead atoms. The molecule has 5 nitrogen and oxygen atoms in total. The van der Waals surface area contributed by atoms with Crippen molar-refractivity contribution in [3.8, 4) is 0 Å². The summed E-state index contributed by atoms with van der Waals surface area (Å²) in [6.07, 6.45) is -0.197. The summed E-state index contributed by atoms with van der Waals surface area (Å²) in [7, 11) is 0. The molecule has 0 radical (unpaired) electrons. The second-order valence-electron chi connectivity index (χ2n) is 7.92. The van der Waals surface area contributed by atoms with Crippen molar-refractivity contribution in [3.05, 3.63) is 35.9 Å². The minimum atomic E-state index is -0.441.